The number of imidazole rings is 1. The highest BCUT2D eigenvalue weighted by molar-refractivity contribution is 6.07. The van der Waals surface area contributed by atoms with Crippen LogP contribution in [0.3, 0.4) is 0 Å². The Balaban J connectivity index is 1.48. The van der Waals surface area contributed by atoms with E-state index in [-0.39, 0.29) is 36.2 Å². The summed E-state index contributed by atoms with van der Waals surface area (Å²) in [6, 6.07) is 14.0. The second-order valence-corrected chi connectivity index (χ2v) is 9.60. The van der Waals surface area contributed by atoms with E-state index in [1.807, 2.05) is 38.1 Å². The number of carbonyl (C=O) groups is 3. The molecule has 1 aromatic heterocycles. The molecule has 2 aromatic carbocycles. The van der Waals surface area contributed by atoms with Gasteiger partial charge in [-0.3, -0.25) is 14.4 Å². The third-order valence-corrected chi connectivity index (χ3v) is 6.70. The van der Waals surface area contributed by atoms with Crippen LogP contribution in [0.4, 0.5) is 4.39 Å². The van der Waals surface area contributed by atoms with Gasteiger partial charge in [0.05, 0.1) is 12.9 Å². The molecule has 0 fully saturated rings. The lowest BCUT2D eigenvalue weighted by molar-refractivity contribution is -0.133. The van der Waals surface area contributed by atoms with Crippen LogP contribution in [0.15, 0.2) is 54.9 Å². The van der Waals surface area contributed by atoms with Gasteiger partial charge in [0.2, 0.25) is 5.91 Å². The second-order valence-electron chi connectivity index (χ2n) is 9.60. The van der Waals surface area contributed by atoms with Gasteiger partial charge in [-0.2, -0.15) is 0 Å². The molecule has 0 aliphatic carbocycles. The summed E-state index contributed by atoms with van der Waals surface area (Å²) in [4.78, 5) is 45.7. The Hall–Kier alpha value is -4.01. The predicted molar refractivity (Wildman–Crippen MR) is 137 cm³/mol. The zero-order valence-corrected chi connectivity index (χ0v) is 21.4. The Morgan fingerprint density at radius 3 is 2.41 bits per heavy atom. The Bertz CT molecular complexity index is 1290. The summed E-state index contributed by atoms with van der Waals surface area (Å²) in [6.45, 7) is 6.77. The summed E-state index contributed by atoms with van der Waals surface area (Å²) < 4.78 is 14.8. The summed E-state index contributed by atoms with van der Waals surface area (Å²) in [7, 11) is 0. The zero-order chi connectivity index (χ0) is 26.6. The van der Waals surface area contributed by atoms with Gasteiger partial charge in [0, 0.05) is 19.6 Å². The lowest BCUT2D eigenvalue weighted by Gasteiger charge is -2.43. The van der Waals surface area contributed by atoms with Crippen molar-refractivity contribution in [1.82, 2.24) is 25.1 Å². The molecule has 0 saturated heterocycles. The van der Waals surface area contributed by atoms with Gasteiger partial charge in [0.15, 0.2) is 5.69 Å². The van der Waals surface area contributed by atoms with E-state index in [0.717, 1.165) is 11.1 Å². The topological polar surface area (TPSA) is 96.3 Å². The molecule has 0 saturated carbocycles. The zero-order valence-electron chi connectivity index (χ0n) is 21.4. The highest BCUT2D eigenvalue weighted by atomic mass is 19.1. The van der Waals surface area contributed by atoms with Crippen LogP contribution in [0.1, 0.15) is 57.9 Å². The summed E-state index contributed by atoms with van der Waals surface area (Å²) >= 11 is 0. The van der Waals surface area contributed by atoms with Gasteiger partial charge < -0.3 is 20.1 Å². The van der Waals surface area contributed by atoms with Gasteiger partial charge in [-0.25, -0.2) is 9.37 Å². The summed E-state index contributed by atoms with van der Waals surface area (Å²) in [5, 5.41) is 5.74. The van der Waals surface area contributed by atoms with E-state index in [2.05, 4.69) is 15.6 Å². The maximum Gasteiger partial charge on any atom is 0.273 e. The van der Waals surface area contributed by atoms with Crippen molar-refractivity contribution in [1.29, 1.82) is 0 Å². The minimum Gasteiger partial charge on any atom is -0.350 e. The SMILES string of the molecule is CCCN1C(=O)c2c(C(=O)NCCc3ccc(C)cc3)ncn2CC1(C)C(=O)NCc1ccc(F)cc1. The minimum absolute atomic E-state index is 0.0591. The van der Waals surface area contributed by atoms with Crippen LogP contribution >= 0.6 is 0 Å². The number of fused-ring (bicyclic) bond motifs is 1. The van der Waals surface area contributed by atoms with E-state index in [4.69, 9.17) is 0 Å². The first-order valence-electron chi connectivity index (χ1n) is 12.5. The van der Waals surface area contributed by atoms with Crippen molar-refractivity contribution in [3.8, 4) is 0 Å². The minimum atomic E-state index is -1.18. The lowest BCUT2D eigenvalue weighted by Crippen LogP contribution is -2.64. The van der Waals surface area contributed by atoms with E-state index in [1.54, 1.807) is 23.6 Å². The van der Waals surface area contributed by atoms with Crippen molar-refractivity contribution in [2.75, 3.05) is 13.1 Å². The molecule has 0 bridgehead atoms. The molecule has 4 rings (SSSR count). The number of hydrogen-bond donors (Lipinski definition) is 2. The smallest absolute Gasteiger partial charge is 0.273 e. The Kier molecular flexibility index (Phi) is 7.71. The molecule has 3 amide bonds. The number of nitrogens with zero attached hydrogens (tertiary/aromatic N) is 3. The van der Waals surface area contributed by atoms with Crippen molar-refractivity contribution in [2.24, 2.45) is 0 Å². The molecule has 8 nitrogen and oxygen atoms in total. The van der Waals surface area contributed by atoms with Gasteiger partial charge >= 0.3 is 0 Å². The average molecular weight is 506 g/mol. The van der Waals surface area contributed by atoms with E-state index in [1.165, 1.54) is 28.9 Å². The Morgan fingerprint density at radius 1 is 1.05 bits per heavy atom. The number of benzene rings is 2. The molecular weight excluding hydrogens is 473 g/mol. The van der Waals surface area contributed by atoms with E-state index >= 15 is 0 Å². The molecular formula is C28H32FN5O3. The van der Waals surface area contributed by atoms with Crippen LogP contribution in [0.5, 0.6) is 0 Å². The van der Waals surface area contributed by atoms with Gasteiger partial charge in [0.1, 0.15) is 17.1 Å². The number of rotatable bonds is 9. The first-order valence-corrected chi connectivity index (χ1v) is 12.5. The van der Waals surface area contributed by atoms with Gasteiger partial charge in [0.25, 0.3) is 11.8 Å². The number of halogens is 1. The molecule has 194 valence electrons. The molecule has 1 unspecified atom stereocenters. The molecule has 3 aromatic rings. The third kappa shape index (κ3) is 5.55. The lowest BCUT2D eigenvalue weighted by atomic mass is 9.94. The molecule has 9 heteroatoms. The van der Waals surface area contributed by atoms with Crippen molar-refractivity contribution in [3.05, 3.63) is 88.8 Å². The predicted octanol–water partition coefficient (Wildman–Crippen LogP) is 3.24. The maximum atomic E-state index is 13.6. The van der Waals surface area contributed by atoms with Crippen LogP contribution in [-0.4, -0.2) is 50.8 Å². The average Bonchev–Trinajstić information content (AvgIpc) is 3.31. The van der Waals surface area contributed by atoms with E-state index in [9.17, 15) is 18.8 Å². The van der Waals surface area contributed by atoms with Crippen molar-refractivity contribution in [3.63, 3.8) is 0 Å². The fraction of sp³-hybridized carbons (Fsp3) is 0.357. The van der Waals surface area contributed by atoms with Crippen LogP contribution in [0, 0.1) is 12.7 Å². The monoisotopic (exact) mass is 505 g/mol. The summed E-state index contributed by atoms with van der Waals surface area (Å²) in [5.41, 5.74) is 2.08. The fourth-order valence-corrected chi connectivity index (χ4v) is 4.56. The van der Waals surface area contributed by atoms with Crippen LogP contribution in [-0.2, 0) is 24.3 Å². The number of amides is 3. The van der Waals surface area contributed by atoms with Crippen LogP contribution < -0.4 is 10.6 Å². The normalized spacial score (nSPS) is 16.9. The summed E-state index contributed by atoms with van der Waals surface area (Å²) in [6.07, 6.45) is 2.74. The number of hydrogen-bond acceptors (Lipinski definition) is 4. The first-order chi connectivity index (χ1) is 17.7. The number of carbonyl (C=O) groups excluding carboxylic acids is 3. The van der Waals surface area contributed by atoms with Gasteiger partial charge in [-0.1, -0.05) is 48.9 Å². The number of aryl methyl sites for hydroxylation is 1. The second kappa shape index (κ2) is 10.9. The van der Waals surface area contributed by atoms with Crippen LogP contribution in [0.25, 0.3) is 0 Å². The number of aromatic nitrogens is 2. The van der Waals surface area contributed by atoms with E-state index in [0.29, 0.717) is 25.9 Å². The third-order valence-electron chi connectivity index (χ3n) is 6.70. The molecule has 1 atom stereocenters. The highest BCUT2D eigenvalue weighted by Crippen LogP contribution is 2.29. The Labute approximate surface area is 215 Å². The van der Waals surface area contributed by atoms with Crippen molar-refractivity contribution >= 4 is 17.7 Å². The summed E-state index contributed by atoms with van der Waals surface area (Å²) in [5.74, 6) is -1.51. The van der Waals surface area contributed by atoms with Crippen molar-refractivity contribution in [2.45, 2.75) is 52.2 Å². The van der Waals surface area contributed by atoms with Crippen LogP contribution in [0.2, 0.25) is 0 Å². The van der Waals surface area contributed by atoms with Crippen molar-refractivity contribution < 1.29 is 18.8 Å². The fourth-order valence-electron chi connectivity index (χ4n) is 4.56. The molecule has 1 aliphatic heterocycles. The van der Waals surface area contributed by atoms with Gasteiger partial charge in [-0.15, -0.1) is 0 Å². The molecule has 2 N–H and O–H groups in total. The first kappa shape index (κ1) is 26.1. The largest absolute Gasteiger partial charge is 0.350 e. The quantitative estimate of drug-likeness (QED) is 0.467. The molecule has 0 radical (unpaired) electrons. The van der Waals surface area contributed by atoms with Gasteiger partial charge in [-0.05, 0) is 49.9 Å². The Morgan fingerprint density at radius 2 is 1.73 bits per heavy atom. The maximum absolute atomic E-state index is 13.6. The molecule has 2 heterocycles. The number of nitrogens with one attached hydrogen (secondary N) is 2. The standard InChI is InChI=1S/C28H32FN5O3/c1-4-15-34-26(36)24-23(25(35)30-14-13-20-7-5-19(2)6-8-20)32-18-33(24)17-28(34,3)27(37)31-16-21-9-11-22(29)12-10-21/h5-12,18H,4,13-17H2,1-3H3,(H,30,35)(H,31,37). The van der Waals surface area contributed by atoms with E-state index < -0.39 is 17.4 Å². The molecule has 0 spiro atoms. The highest BCUT2D eigenvalue weighted by Gasteiger charge is 2.48. The molecule has 1 aliphatic rings. The molecule has 37 heavy (non-hydrogen) atoms.